The van der Waals surface area contributed by atoms with E-state index in [1.54, 1.807) is 39.9 Å². The Hall–Kier alpha value is -2.68. The smallest absolute Gasteiger partial charge is 0.254 e. The molecular formula is C28H34ClN3O4S. The second-order valence-electron chi connectivity index (χ2n) is 10.1. The summed E-state index contributed by atoms with van der Waals surface area (Å²) in [6.45, 7) is 7.86. The van der Waals surface area contributed by atoms with Crippen molar-refractivity contribution < 1.29 is 17.9 Å². The van der Waals surface area contributed by atoms with Crippen LogP contribution in [0.15, 0.2) is 59.9 Å². The van der Waals surface area contributed by atoms with Gasteiger partial charge in [-0.2, -0.15) is 0 Å². The zero-order valence-electron chi connectivity index (χ0n) is 21.6. The first kappa shape index (κ1) is 27.4. The number of hydrogen-bond acceptors (Lipinski definition) is 5. The first-order valence-electron chi connectivity index (χ1n) is 12.6. The van der Waals surface area contributed by atoms with E-state index >= 15 is 0 Å². The number of aryl methyl sites for hydroxylation is 1. The molecule has 198 valence electrons. The van der Waals surface area contributed by atoms with Gasteiger partial charge < -0.3 is 14.2 Å². The van der Waals surface area contributed by atoms with Crippen LogP contribution in [0.2, 0.25) is 5.02 Å². The molecule has 2 heterocycles. The fraction of sp³-hybridized carbons (Fsp3) is 0.429. The number of sulfone groups is 1. The van der Waals surface area contributed by atoms with Crippen molar-refractivity contribution in [3.63, 3.8) is 0 Å². The molecule has 1 aliphatic rings. The number of nitrogens with zero attached hydrogens (tertiary/aromatic N) is 3. The summed E-state index contributed by atoms with van der Waals surface area (Å²) in [6.07, 6.45) is 3.40. The molecule has 2 aromatic carbocycles. The average molecular weight is 544 g/mol. The van der Waals surface area contributed by atoms with Crippen LogP contribution in [-0.2, 0) is 33.4 Å². The molecule has 7 nitrogen and oxygen atoms in total. The second-order valence-corrected chi connectivity index (χ2v) is 12.4. The summed E-state index contributed by atoms with van der Waals surface area (Å²) in [5, 5.41) is 0.495. The molecule has 1 saturated heterocycles. The lowest BCUT2D eigenvalue weighted by Gasteiger charge is -2.26. The molecule has 37 heavy (non-hydrogen) atoms. The largest absolute Gasteiger partial charge is 0.376 e. The summed E-state index contributed by atoms with van der Waals surface area (Å²) in [5.74, 6) is -0.145. The molecule has 0 saturated carbocycles. The highest BCUT2D eigenvalue weighted by molar-refractivity contribution is 7.90. The van der Waals surface area contributed by atoms with Crippen molar-refractivity contribution >= 4 is 27.3 Å². The molecule has 3 aromatic rings. The van der Waals surface area contributed by atoms with E-state index in [0.29, 0.717) is 41.5 Å². The van der Waals surface area contributed by atoms with E-state index in [4.69, 9.17) is 16.3 Å². The molecule has 0 aliphatic carbocycles. The topological polar surface area (TPSA) is 81.5 Å². The highest BCUT2D eigenvalue weighted by Gasteiger charge is 2.28. The second kappa shape index (κ2) is 11.8. The molecule has 0 spiro atoms. The molecular weight excluding hydrogens is 510 g/mol. The van der Waals surface area contributed by atoms with Crippen LogP contribution in [0.1, 0.15) is 53.9 Å². The van der Waals surface area contributed by atoms with Crippen LogP contribution in [0.3, 0.4) is 0 Å². The van der Waals surface area contributed by atoms with Crippen LogP contribution in [0.5, 0.6) is 0 Å². The summed E-state index contributed by atoms with van der Waals surface area (Å²) in [6, 6.07) is 14.3. The van der Waals surface area contributed by atoms with Crippen LogP contribution in [0, 0.1) is 12.8 Å². The Morgan fingerprint density at radius 3 is 2.62 bits per heavy atom. The van der Waals surface area contributed by atoms with Crippen molar-refractivity contribution in [2.75, 3.05) is 13.2 Å². The van der Waals surface area contributed by atoms with Crippen LogP contribution >= 0.6 is 11.6 Å². The molecule has 1 amide bonds. The van der Waals surface area contributed by atoms with E-state index in [9.17, 15) is 13.2 Å². The van der Waals surface area contributed by atoms with Crippen LogP contribution in [0.25, 0.3) is 0 Å². The number of aromatic nitrogens is 2. The highest BCUT2D eigenvalue weighted by Crippen LogP contribution is 2.23. The number of carbonyl (C=O) groups excluding carboxylic acids is 1. The average Bonchev–Trinajstić information content (AvgIpc) is 3.49. The maximum Gasteiger partial charge on any atom is 0.254 e. The van der Waals surface area contributed by atoms with Crippen molar-refractivity contribution in [3.8, 4) is 0 Å². The number of amides is 1. The maximum absolute atomic E-state index is 13.6. The van der Waals surface area contributed by atoms with Crippen molar-refractivity contribution in [2.24, 2.45) is 5.92 Å². The zero-order chi connectivity index (χ0) is 26.6. The van der Waals surface area contributed by atoms with Crippen molar-refractivity contribution in [1.29, 1.82) is 0 Å². The number of halogens is 1. The lowest BCUT2D eigenvalue weighted by atomic mass is 10.1. The Balaban J connectivity index is 1.66. The lowest BCUT2D eigenvalue weighted by molar-refractivity contribution is 0.0501. The molecule has 0 radical (unpaired) electrons. The van der Waals surface area contributed by atoms with Gasteiger partial charge in [-0.15, -0.1) is 0 Å². The number of ether oxygens (including phenoxy) is 1. The summed E-state index contributed by atoms with van der Waals surface area (Å²) >= 11 is 6.08. The standard InChI is InChI=1S/C28H34ClN3O4S/c1-20(2)16-32-25(15-30-28(32)37(34,35)19-22-6-4-7-24(29)14-22)17-31(18-26-8-5-13-36-26)27(33)23-11-9-21(3)10-12-23/h4,6-7,9-12,14-15,20,26H,5,8,13,16-19H2,1-3H3. The third-order valence-corrected chi connectivity index (χ3v) is 8.19. The predicted molar refractivity (Wildman–Crippen MR) is 144 cm³/mol. The fourth-order valence-electron chi connectivity index (χ4n) is 4.57. The van der Waals surface area contributed by atoms with Gasteiger partial charge in [-0.25, -0.2) is 13.4 Å². The van der Waals surface area contributed by atoms with Gasteiger partial charge in [0, 0.05) is 30.3 Å². The Bertz CT molecular complexity index is 1330. The number of imidazole rings is 1. The van der Waals surface area contributed by atoms with Gasteiger partial charge in [-0.3, -0.25) is 4.79 Å². The normalized spacial score (nSPS) is 15.9. The quantitative estimate of drug-likeness (QED) is 0.347. The van der Waals surface area contributed by atoms with E-state index in [2.05, 4.69) is 4.98 Å². The Morgan fingerprint density at radius 1 is 1.22 bits per heavy atom. The lowest BCUT2D eigenvalue weighted by Crippen LogP contribution is -2.37. The Kier molecular flexibility index (Phi) is 8.72. The highest BCUT2D eigenvalue weighted by atomic mass is 35.5. The summed E-state index contributed by atoms with van der Waals surface area (Å²) < 4.78 is 34.5. The third kappa shape index (κ3) is 7.00. The van der Waals surface area contributed by atoms with Gasteiger partial charge >= 0.3 is 0 Å². The van der Waals surface area contributed by atoms with Crippen molar-refractivity contribution in [2.45, 2.75) is 63.7 Å². The first-order valence-corrected chi connectivity index (χ1v) is 14.6. The zero-order valence-corrected chi connectivity index (χ0v) is 23.1. The van der Waals surface area contributed by atoms with E-state index in [1.807, 2.05) is 45.0 Å². The summed E-state index contributed by atoms with van der Waals surface area (Å²) in [7, 11) is -3.76. The van der Waals surface area contributed by atoms with Gasteiger partial charge in [0.15, 0.2) is 0 Å². The van der Waals surface area contributed by atoms with Crippen molar-refractivity contribution in [1.82, 2.24) is 14.5 Å². The summed E-state index contributed by atoms with van der Waals surface area (Å²) in [4.78, 5) is 19.7. The minimum absolute atomic E-state index is 0.0102. The molecule has 1 unspecified atom stereocenters. The Labute approximate surface area is 224 Å². The van der Waals surface area contributed by atoms with E-state index in [-0.39, 0.29) is 35.4 Å². The molecule has 0 N–H and O–H groups in total. The molecule has 4 rings (SSSR count). The molecule has 1 fully saturated rings. The van der Waals surface area contributed by atoms with Gasteiger partial charge in [-0.1, -0.05) is 55.3 Å². The number of benzene rings is 2. The predicted octanol–water partition coefficient (Wildman–Crippen LogP) is 5.30. The van der Waals surface area contributed by atoms with Crippen LogP contribution in [0.4, 0.5) is 0 Å². The van der Waals surface area contributed by atoms with Gasteiger partial charge in [0.05, 0.1) is 30.3 Å². The van der Waals surface area contributed by atoms with E-state index in [1.165, 1.54) is 0 Å². The molecule has 0 bridgehead atoms. The Morgan fingerprint density at radius 2 is 1.97 bits per heavy atom. The van der Waals surface area contributed by atoms with Crippen LogP contribution in [-0.4, -0.2) is 48.0 Å². The number of carbonyl (C=O) groups is 1. The van der Waals surface area contributed by atoms with Crippen molar-refractivity contribution in [3.05, 3.63) is 82.1 Å². The molecule has 9 heteroatoms. The monoisotopic (exact) mass is 543 g/mol. The molecule has 1 atom stereocenters. The molecule has 1 aliphatic heterocycles. The van der Waals surface area contributed by atoms with Gasteiger partial charge in [-0.05, 0) is 55.5 Å². The molecule has 1 aromatic heterocycles. The third-order valence-electron chi connectivity index (χ3n) is 6.36. The van der Waals surface area contributed by atoms with Gasteiger partial charge in [0.25, 0.3) is 5.91 Å². The maximum atomic E-state index is 13.6. The van der Waals surface area contributed by atoms with E-state index < -0.39 is 9.84 Å². The van der Waals surface area contributed by atoms with Crippen LogP contribution < -0.4 is 0 Å². The number of rotatable bonds is 10. The SMILES string of the molecule is Cc1ccc(C(=O)N(Cc2cnc(S(=O)(=O)Cc3cccc(Cl)c3)n2CC(C)C)CC2CCCO2)cc1. The first-order chi connectivity index (χ1) is 17.6. The fourth-order valence-corrected chi connectivity index (χ4v) is 6.27. The van der Waals surface area contributed by atoms with Gasteiger partial charge in [0.1, 0.15) is 0 Å². The summed E-state index contributed by atoms with van der Waals surface area (Å²) in [5.41, 5.74) is 2.94. The minimum atomic E-state index is -3.76. The van der Waals surface area contributed by atoms with Gasteiger partial charge in [0.2, 0.25) is 15.0 Å². The van der Waals surface area contributed by atoms with E-state index in [0.717, 1.165) is 18.4 Å². The number of hydrogen-bond donors (Lipinski definition) is 0. The minimum Gasteiger partial charge on any atom is -0.376 e.